The summed E-state index contributed by atoms with van der Waals surface area (Å²) in [6.07, 6.45) is 0.246. The fourth-order valence-corrected chi connectivity index (χ4v) is 4.52. The minimum atomic E-state index is -0.607. The van der Waals surface area contributed by atoms with E-state index in [0.717, 1.165) is 12.1 Å². The minimum absolute atomic E-state index is 0.0388. The highest BCUT2D eigenvalue weighted by molar-refractivity contribution is 9.10. The lowest BCUT2D eigenvalue weighted by Gasteiger charge is -2.30. The molecule has 29 heavy (non-hydrogen) atoms. The molecule has 2 heterocycles. The number of nitriles is 1. The van der Waals surface area contributed by atoms with Crippen LogP contribution in [0.4, 0.5) is 15.8 Å². The average Bonchev–Trinajstić information content (AvgIpc) is 2.94. The van der Waals surface area contributed by atoms with E-state index >= 15 is 0 Å². The summed E-state index contributed by atoms with van der Waals surface area (Å²) in [5.41, 5.74) is 1.26. The highest BCUT2D eigenvalue weighted by Gasteiger charge is 2.41. The van der Waals surface area contributed by atoms with Crippen LogP contribution < -0.4 is 9.80 Å². The molecule has 2 aliphatic rings. The molecular weight excluding hydrogens is 463 g/mol. The Morgan fingerprint density at radius 2 is 2.14 bits per heavy atom. The number of fused-ring (bicyclic) bond motifs is 3. The fourth-order valence-electron chi connectivity index (χ4n) is 3.72. The molecule has 0 saturated carbocycles. The van der Waals surface area contributed by atoms with Crippen LogP contribution in [0.3, 0.4) is 0 Å². The number of benzene rings is 2. The van der Waals surface area contributed by atoms with Crippen LogP contribution in [0.25, 0.3) is 0 Å². The van der Waals surface area contributed by atoms with Gasteiger partial charge in [0.2, 0.25) is 5.96 Å². The standard InChI is InChI=1S/C20H13BrClFN4O2/c1-9-5-16(28)25-20-26(2)18-12(8-24)17(13(21)7-15(18)27(9)20)19(29)11-6-10(23)3-4-14(11)22/h3-4,6-7,9H,5H2,1-2H3/t9-/m1/s1. The first-order chi connectivity index (χ1) is 13.7. The Hall–Kier alpha value is -2.76. The van der Waals surface area contributed by atoms with Gasteiger partial charge in [0.15, 0.2) is 5.78 Å². The van der Waals surface area contributed by atoms with Crippen LogP contribution in [0, 0.1) is 17.1 Å². The van der Waals surface area contributed by atoms with Crippen molar-refractivity contribution < 1.29 is 14.0 Å². The number of carbonyl (C=O) groups excluding carboxylic acids is 2. The summed E-state index contributed by atoms with van der Waals surface area (Å²) < 4.78 is 14.1. The molecule has 2 aromatic carbocycles. The molecule has 0 aromatic heterocycles. The molecule has 2 aromatic rings. The number of anilines is 2. The minimum Gasteiger partial charge on any atom is -0.312 e. The lowest BCUT2D eigenvalue weighted by Crippen LogP contribution is -2.46. The zero-order valence-corrected chi connectivity index (χ0v) is 17.7. The molecule has 0 unspecified atom stereocenters. The van der Waals surface area contributed by atoms with Gasteiger partial charge in [0.1, 0.15) is 11.9 Å². The van der Waals surface area contributed by atoms with Crippen LogP contribution in [0.5, 0.6) is 0 Å². The summed E-state index contributed by atoms with van der Waals surface area (Å²) in [5.74, 6) is -1.03. The molecule has 4 rings (SSSR count). The molecule has 2 aliphatic heterocycles. The molecule has 1 amide bonds. The molecule has 0 radical (unpaired) electrons. The second-order valence-electron chi connectivity index (χ2n) is 6.83. The highest BCUT2D eigenvalue weighted by Crippen LogP contribution is 2.46. The summed E-state index contributed by atoms with van der Waals surface area (Å²) in [4.78, 5) is 32.7. The first-order valence-corrected chi connectivity index (χ1v) is 9.82. The topological polar surface area (TPSA) is 76.8 Å². The number of halogens is 3. The van der Waals surface area contributed by atoms with Gasteiger partial charge in [-0.25, -0.2) is 4.39 Å². The van der Waals surface area contributed by atoms with Gasteiger partial charge < -0.3 is 9.80 Å². The van der Waals surface area contributed by atoms with Gasteiger partial charge in [-0.05, 0) is 47.1 Å². The normalized spacial score (nSPS) is 17.6. The van der Waals surface area contributed by atoms with E-state index in [1.54, 1.807) is 18.0 Å². The molecule has 0 bridgehead atoms. The fraction of sp³-hybridized carbons (Fsp3) is 0.200. The first-order valence-electron chi connectivity index (χ1n) is 8.65. The van der Waals surface area contributed by atoms with E-state index in [1.807, 2.05) is 11.8 Å². The molecular formula is C20H13BrClFN4O2. The van der Waals surface area contributed by atoms with Crippen molar-refractivity contribution in [3.8, 4) is 6.07 Å². The lowest BCUT2D eigenvalue weighted by molar-refractivity contribution is -0.118. The molecule has 0 fully saturated rings. The summed E-state index contributed by atoms with van der Waals surface area (Å²) in [6.45, 7) is 1.89. The second-order valence-corrected chi connectivity index (χ2v) is 8.09. The second kappa shape index (κ2) is 6.94. The largest absolute Gasteiger partial charge is 0.312 e. The number of hydrogen-bond acceptors (Lipinski definition) is 5. The van der Waals surface area contributed by atoms with E-state index < -0.39 is 11.6 Å². The van der Waals surface area contributed by atoms with E-state index in [2.05, 4.69) is 27.0 Å². The van der Waals surface area contributed by atoms with Crippen LogP contribution >= 0.6 is 27.5 Å². The summed E-state index contributed by atoms with van der Waals surface area (Å²) in [7, 11) is 1.68. The van der Waals surface area contributed by atoms with Crippen molar-refractivity contribution in [1.29, 1.82) is 5.26 Å². The smallest absolute Gasteiger partial charge is 0.250 e. The van der Waals surface area contributed by atoms with Crippen molar-refractivity contribution in [1.82, 2.24) is 0 Å². The maximum atomic E-state index is 13.7. The van der Waals surface area contributed by atoms with Gasteiger partial charge in [-0.3, -0.25) is 9.59 Å². The van der Waals surface area contributed by atoms with Crippen molar-refractivity contribution in [2.24, 2.45) is 4.99 Å². The Bertz CT molecular complexity index is 1170. The van der Waals surface area contributed by atoms with E-state index in [0.29, 0.717) is 21.8 Å². The van der Waals surface area contributed by atoms with E-state index in [1.165, 1.54) is 6.07 Å². The number of guanidine groups is 1. The predicted octanol–water partition coefficient (Wildman–Crippen LogP) is 4.28. The predicted molar refractivity (Wildman–Crippen MR) is 111 cm³/mol. The monoisotopic (exact) mass is 474 g/mol. The Kier molecular flexibility index (Phi) is 4.68. The van der Waals surface area contributed by atoms with Crippen molar-refractivity contribution >= 4 is 56.6 Å². The highest BCUT2D eigenvalue weighted by atomic mass is 79.9. The maximum absolute atomic E-state index is 13.7. The van der Waals surface area contributed by atoms with Crippen LogP contribution in [0.15, 0.2) is 33.7 Å². The van der Waals surface area contributed by atoms with Crippen molar-refractivity contribution in [3.63, 3.8) is 0 Å². The third-order valence-corrected chi connectivity index (χ3v) is 5.94. The van der Waals surface area contributed by atoms with Crippen LogP contribution in [-0.2, 0) is 4.79 Å². The zero-order chi connectivity index (χ0) is 21.0. The molecule has 0 spiro atoms. The molecule has 0 saturated heterocycles. The third-order valence-electron chi connectivity index (χ3n) is 4.99. The quantitative estimate of drug-likeness (QED) is 0.606. The van der Waals surface area contributed by atoms with Crippen molar-refractivity contribution in [2.75, 3.05) is 16.8 Å². The number of rotatable bonds is 2. The average molecular weight is 476 g/mol. The van der Waals surface area contributed by atoms with E-state index in [9.17, 15) is 19.2 Å². The Labute approximate surface area is 179 Å². The van der Waals surface area contributed by atoms with Crippen molar-refractivity contribution in [3.05, 3.63) is 56.3 Å². The molecule has 146 valence electrons. The van der Waals surface area contributed by atoms with Gasteiger partial charge in [-0.1, -0.05) is 11.6 Å². The summed E-state index contributed by atoms with van der Waals surface area (Å²) in [6, 6.07) is 7.15. The van der Waals surface area contributed by atoms with Gasteiger partial charge in [-0.2, -0.15) is 10.3 Å². The molecule has 1 atom stereocenters. The van der Waals surface area contributed by atoms with Gasteiger partial charge in [0.05, 0.1) is 27.5 Å². The van der Waals surface area contributed by atoms with Gasteiger partial charge in [0.25, 0.3) is 5.91 Å². The Morgan fingerprint density at radius 3 is 2.83 bits per heavy atom. The van der Waals surface area contributed by atoms with Gasteiger partial charge >= 0.3 is 0 Å². The van der Waals surface area contributed by atoms with Crippen LogP contribution in [-0.4, -0.2) is 30.7 Å². The van der Waals surface area contributed by atoms with E-state index in [4.69, 9.17) is 11.6 Å². The lowest BCUT2D eigenvalue weighted by atomic mass is 9.96. The Balaban J connectivity index is 1.96. The number of amides is 1. The van der Waals surface area contributed by atoms with Crippen molar-refractivity contribution in [2.45, 2.75) is 19.4 Å². The zero-order valence-electron chi connectivity index (χ0n) is 15.3. The summed E-state index contributed by atoms with van der Waals surface area (Å²) >= 11 is 9.50. The van der Waals surface area contributed by atoms with E-state index in [-0.39, 0.29) is 40.1 Å². The Morgan fingerprint density at radius 1 is 1.41 bits per heavy atom. The molecule has 0 N–H and O–H groups in total. The summed E-state index contributed by atoms with van der Waals surface area (Å²) in [5, 5.41) is 10.00. The maximum Gasteiger partial charge on any atom is 0.250 e. The molecule has 0 aliphatic carbocycles. The number of ketones is 1. The SMILES string of the molecule is C[C@@H]1CC(=O)N=C2N(C)c3c(cc(Br)c(C(=O)c4cc(F)ccc4Cl)c3C#N)N21. The molecule has 9 heteroatoms. The number of hydrogen-bond donors (Lipinski definition) is 0. The van der Waals surface area contributed by atoms with Crippen LogP contribution in [0.2, 0.25) is 5.02 Å². The van der Waals surface area contributed by atoms with Gasteiger partial charge in [0, 0.05) is 29.5 Å². The van der Waals surface area contributed by atoms with Gasteiger partial charge in [-0.15, -0.1) is 0 Å². The third kappa shape index (κ3) is 2.93. The molecule has 6 nitrogen and oxygen atoms in total. The van der Waals surface area contributed by atoms with Crippen LogP contribution in [0.1, 0.15) is 34.8 Å². The first kappa shape index (κ1) is 19.6. The number of nitrogens with zero attached hydrogens (tertiary/aromatic N) is 4. The number of carbonyl (C=O) groups is 2. The number of aliphatic imine (C=N–C) groups is 1.